The average molecular weight is 479 g/mol. The molecule has 35 heavy (non-hydrogen) atoms. The Balaban J connectivity index is 1.85. The molecule has 0 radical (unpaired) electrons. The molecule has 2 aromatic carbocycles. The Hall–Kier alpha value is -4.07. The maximum Gasteiger partial charge on any atom is 0.340 e. The van der Waals surface area contributed by atoms with Crippen LogP contribution in [0.2, 0.25) is 0 Å². The molecule has 0 unspecified atom stereocenters. The number of carbonyl (C=O) groups excluding carboxylic acids is 3. The van der Waals surface area contributed by atoms with E-state index in [1.807, 2.05) is 20.8 Å². The summed E-state index contributed by atoms with van der Waals surface area (Å²) < 4.78 is 15.9. The number of anilines is 1. The Morgan fingerprint density at radius 2 is 1.60 bits per heavy atom. The number of methoxy groups -OCH3 is 1. The number of carbonyl (C=O) groups is 3. The van der Waals surface area contributed by atoms with Crippen molar-refractivity contribution in [1.82, 2.24) is 5.32 Å². The quantitative estimate of drug-likeness (QED) is 0.434. The largest absolute Gasteiger partial charge is 0.494 e. The number of nitrogens with one attached hydrogen (secondary N) is 1. The van der Waals surface area contributed by atoms with Crippen molar-refractivity contribution in [1.29, 1.82) is 0 Å². The molecule has 0 aromatic heterocycles. The van der Waals surface area contributed by atoms with Gasteiger partial charge in [-0.25, -0.2) is 4.79 Å². The number of esters is 1. The first-order chi connectivity index (χ1) is 16.7. The van der Waals surface area contributed by atoms with E-state index in [9.17, 15) is 14.4 Å². The second kappa shape index (κ2) is 11.4. The van der Waals surface area contributed by atoms with Crippen LogP contribution in [0.3, 0.4) is 0 Å². The molecule has 2 amide bonds. The fraction of sp³-hybridized carbons (Fsp3) is 0.296. The molecular weight excluding hydrogens is 448 g/mol. The van der Waals surface area contributed by atoms with Crippen molar-refractivity contribution in [2.45, 2.75) is 33.7 Å². The van der Waals surface area contributed by atoms with Gasteiger partial charge in [-0.1, -0.05) is 12.1 Å². The zero-order chi connectivity index (χ0) is 25.5. The molecule has 0 saturated carbocycles. The molecule has 1 heterocycles. The van der Waals surface area contributed by atoms with Crippen molar-refractivity contribution in [2.24, 2.45) is 0 Å². The highest BCUT2D eigenvalue weighted by Crippen LogP contribution is 2.36. The van der Waals surface area contributed by atoms with Crippen LogP contribution in [0.4, 0.5) is 5.69 Å². The minimum absolute atomic E-state index is 0.0340. The molecule has 0 fully saturated rings. The van der Waals surface area contributed by atoms with Gasteiger partial charge in [0.2, 0.25) is 0 Å². The highest BCUT2D eigenvalue weighted by atomic mass is 16.5. The Morgan fingerprint density at radius 3 is 2.17 bits per heavy atom. The van der Waals surface area contributed by atoms with Crippen molar-refractivity contribution in [3.8, 4) is 11.5 Å². The summed E-state index contributed by atoms with van der Waals surface area (Å²) in [5, 5.41) is 2.76. The zero-order valence-electron chi connectivity index (χ0n) is 20.6. The second-order valence-electron chi connectivity index (χ2n) is 8.16. The number of benzene rings is 2. The van der Waals surface area contributed by atoms with Gasteiger partial charge in [0.15, 0.2) is 6.61 Å². The molecule has 0 spiro atoms. The van der Waals surface area contributed by atoms with Crippen LogP contribution in [0.1, 0.15) is 33.3 Å². The van der Waals surface area contributed by atoms with E-state index in [2.05, 4.69) is 5.32 Å². The lowest BCUT2D eigenvalue weighted by Gasteiger charge is -2.18. The Kier molecular flexibility index (Phi) is 8.30. The first kappa shape index (κ1) is 25.6. The van der Waals surface area contributed by atoms with E-state index < -0.39 is 5.97 Å². The Bertz CT molecular complexity index is 1150. The van der Waals surface area contributed by atoms with Crippen molar-refractivity contribution < 1.29 is 28.6 Å². The average Bonchev–Trinajstić information content (AvgIpc) is 3.07. The second-order valence-corrected chi connectivity index (χ2v) is 8.16. The predicted molar refractivity (Wildman–Crippen MR) is 133 cm³/mol. The summed E-state index contributed by atoms with van der Waals surface area (Å²) in [5.74, 6) is 0.0714. The van der Waals surface area contributed by atoms with E-state index in [4.69, 9.17) is 14.2 Å². The molecule has 8 heteroatoms. The highest BCUT2D eigenvalue weighted by Gasteiger charge is 2.37. The van der Waals surface area contributed by atoms with Crippen molar-refractivity contribution in [3.63, 3.8) is 0 Å². The summed E-state index contributed by atoms with van der Waals surface area (Å²) in [6.45, 7) is 7.80. The van der Waals surface area contributed by atoms with Gasteiger partial charge in [0.25, 0.3) is 11.8 Å². The molecule has 0 atom stereocenters. The molecular formula is C27H30N2O6. The molecule has 0 saturated heterocycles. The van der Waals surface area contributed by atoms with Crippen molar-refractivity contribution >= 4 is 29.5 Å². The SMILES string of the molecule is CCOc1ccc(N2C(=O)/C(=C\c3ccc(OCC(=O)NC(C)C)cc3)C(C(=O)OC)=C2C)cc1. The number of rotatable bonds is 9. The lowest BCUT2D eigenvalue weighted by molar-refractivity contribution is -0.136. The fourth-order valence-electron chi connectivity index (χ4n) is 3.69. The fourth-order valence-corrected chi connectivity index (χ4v) is 3.69. The van der Waals surface area contributed by atoms with Crippen LogP contribution in [0.25, 0.3) is 6.08 Å². The predicted octanol–water partition coefficient (Wildman–Crippen LogP) is 3.87. The minimum Gasteiger partial charge on any atom is -0.494 e. The number of nitrogens with zero attached hydrogens (tertiary/aromatic N) is 1. The zero-order valence-corrected chi connectivity index (χ0v) is 20.6. The summed E-state index contributed by atoms with van der Waals surface area (Å²) in [5.41, 5.74) is 2.22. The third kappa shape index (κ3) is 6.09. The van der Waals surface area contributed by atoms with E-state index in [0.717, 1.165) is 0 Å². The van der Waals surface area contributed by atoms with Crippen LogP contribution in [0.15, 0.2) is 65.4 Å². The first-order valence-electron chi connectivity index (χ1n) is 11.4. The van der Waals surface area contributed by atoms with E-state index in [0.29, 0.717) is 35.1 Å². The molecule has 1 N–H and O–H groups in total. The summed E-state index contributed by atoms with van der Waals surface area (Å²) in [6.07, 6.45) is 1.64. The van der Waals surface area contributed by atoms with Gasteiger partial charge < -0.3 is 19.5 Å². The summed E-state index contributed by atoms with van der Waals surface area (Å²) >= 11 is 0. The highest BCUT2D eigenvalue weighted by molar-refractivity contribution is 6.23. The number of hydrogen-bond donors (Lipinski definition) is 1. The van der Waals surface area contributed by atoms with Crippen LogP contribution < -0.4 is 19.7 Å². The summed E-state index contributed by atoms with van der Waals surface area (Å²) in [4.78, 5) is 39.3. The Labute approximate surface area is 205 Å². The maximum atomic E-state index is 13.4. The summed E-state index contributed by atoms with van der Waals surface area (Å²) in [6, 6.07) is 14.0. The minimum atomic E-state index is -0.591. The van der Waals surface area contributed by atoms with E-state index in [1.165, 1.54) is 12.0 Å². The molecule has 184 valence electrons. The topological polar surface area (TPSA) is 94.2 Å². The third-order valence-electron chi connectivity index (χ3n) is 5.21. The van der Waals surface area contributed by atoms with Gasteiger partial charge in [0.05, 0.1) is 24.9 Å². The molecule has 1 aliphatic rings. The van der Waals surface area contributed by atoms with E-state index in [1.54, 1.807) is 61.5 Å². The lowest BCUT2D eigenvalue weighted by atomic mass is 10.0. The van der Waals surface area contributed by atoms with Gasteiger partial charge in [-0.15, -0.1) is 0 Å². The molecule has 3 rings (SSSR count). The molecule has 2 aromatic rings. The van der Waals surface area contributed by atoms with E-state index in [-0.39, 0.29) is 35.6 Å². The van der Waals surface area contributed by atoms with E-state index >= 15 is 0 Å². The summed E-state index contributed by atoms with van der Waals surface area (Å²) in [7, 11) is 1.28. The molecule has 0 bridgehead atoms. The van der Waals surface area contributed by atoms with Crippen LogP contribution in [0.5, 0.6) is 11.5 Å². The van der Waals surface area contributed by atoms with Crippen LogP contribution >= 0.6 is 0 Å². The monoisotopic (exact) mass is 478 g/mol. The molecule has 8 nitrogen and oxygen atoms in total. The number of amides is 2. The number of ether oxygens (including phenoxy) is 3. The Morgan fingerprint density at radius 1 is 1.00 bits per heavy atom. The third-order valence-corrected chi connectivity index (χ3v) is 5.21. The van der Waals surface area contributed by atoms with Gasteiger partial charge >= 0.3 is 5.97 Å². The van der Waals surface area contributed by atoms with Gasteiger partial charge in [0.1, 0.15) is 11.5 Å². The number of hydrogen-bond acceptors (Lipinski definition) is 6. The first-order valence-corrected chi connectivity index (χ1v) is 11.4. The molecule has 0 aliphatic carbocycles. The maximum absolute atomic E-state index is 13.4. The standard InChI is InChI=1S/C27H30N2O6/c1-6-34-21-13-9-20(10-14-21)29-18(4)25(27(32)33-5)23(26(29)31)15-19-7-11-22(12-8-19)35-16-24(30)28-17(2)3/h7-15,17H,6,16H2,1-5H3,(H,28,30)/b23-15-. The van der Waals surface area contributed by atoms with Crippen molar-refractivity contribution in [3.05, 3.63) is 70.9 Å². The van der Waals surface area contributed by atoms with Gasteiger partial charge in [-0.3, -0.25) is 14.5 Å². The van der Waals surface area contributed by atoms with Crippen LogP contribution in [-0.2, 0) is 19.1 Å². The van der Waals surface area contributed by atoms with Crippen LogP contribution in [-0.4, -0.2) is 44.1 Å². The van der Waals surface area contributed by atoms with Crippen LogP contribution in [0, 0.1) is 0 Å². The molecule has 1 aliphatic heterocycles. The van der Waals surface area contributed by atoms with Gasteiger partial charge in [0, 0.05) is 17.4 Å². The normalized spacial score (nSPS) is 14.5. The van der Waals surface area contributed by atoms with Gasteiger partial charge in [-0.2, -0.15) is 0 Å². The van der Waals surface area contributed by atoms with Gasteiger partial charge in [-0.05, 0) is 75.7 Å². The smallest absolute Gasteiger partial charge is 0.340 e. The lowest BCUT2D eigenvalue weighted by Crippen LogP contribution is -2.34. The van der Waals surface area contributed by atoms with Crippen molar-refractivity contribution in [2.75, 3.05) is 25.2 Å². The number of allylic oxidation sites excluding steroid dienone is 1.